The molecule has 1 amide bonds. The Morgan fingerprint density at radius 1 is 1.38 bits per heavy atom. The predicted molar refractivity (Wildman–Crippen MR) is 60.2 cm³/mol. The average Bonchev–Trinajstić information content (AvgIpc) is 2.30. The van der Waals surface area contributed by atoms with Gasteiger partial charge in [-0.1, -0.05) is 0 Å². The lowest BCUT2D eigenvalue weighted by molar-refractivity contribution is 0.0772. The second kappa shape index (κ2) is 5.49. The number of rotatable bonds is 4. The van der Waals surface area contributed by atoms with Crippen molar-refractivity contribution in [2.24, 2.45) is 0 Å². The Hall–Kier alpha value is -1.58. The largest absolute Gasteiger partial charge is 0.494 e. The van der Waals surface area contributed by atoms with Crippen LogP contribution in [0.2, 0.25) is 0 Å². The van der Waals surface area contributed by atoms with Crippen LogP contribution in [-0.4, -0.2) is 31.0 Å². The minimum atomic E-state index is -0.513. The van der Waals surface area contributed by atoms with Crippen LogP contribution in [0.25, 0.3) is 0 Å². The van der Waals surface area contributed by atoms with Gasteiger partial charge in [0.15, 0.2) is 11.6 Å². The van der Waals surface area contributed by atoms with Crippen LogP contribution < -0.4 is 4.74 Å². The lowest BCUT2D eigenvalue weighted by Crippen LogP contribution is -2.30. The molecule has 0 aromatic heterocycles. The second-order valence-electron chi connectivity index (χ2n) is 3.33. The molecule has 0 bridgehead atoms. The summed E-state index contributed by atoms with van der Waals surface area (Å²) in [6.07, 6.45) is 0. The maximum atomic E-state index is 13.4. The fraction of sp³-hybridized carbons (Fsp3) is 0.417. The number of ether oxygens (including phenoxy) is 1. The van der Waals surface area contributed by atoms with E-state index < -0.39 is 5.82 Å². The van der Waals surface area contributed by atoms with Crippen molar-refractivity contribution in [2.45, 2.75) is 13.8 Å². The fourth-order valence-corrected chi connectivity index (χ4v) is 1.49. The third kappa shape index (κ3) is 2.51. The zero-order chi connectivity index (χ0) is 12.1. The van der Waals surface area contributed by atoms with Gasteiger partial charge >= 0.3 is 0 Å². The van der Waals surface area contributed by atoms with Crippen LogP contribution in [0.4, 0.5) is 4.39 Å². The molecule has 3 nitrogen and oxygen atoms in total. The molecule has 0 N–H and O–H groups in total. The first-order valence-electron chi connectivity index (χ1n) is 5.26. The highest BCUT2D eigenvalue weighted by Crippen LogP contribution is 2.18. The summed E-state index contributed by atoms with van der Waals surface area (Å²) in [4.78, 5) is 13.5. The van der Waals surface area contributed by atoms with E-state index in [1.165, 1.54) is 19.2 Å². The number of methoxy groups -OCH3 is 1. The predicted octanol–water partition coefficient (Wildman–Crippen LogP) is 2.32. The topological polar surface area (TPSA) is 29.5 Å². The second-order valence-corrected chi connectivity index (χ2v) is 3.33. The van der Waals surface area contributed by atoms with E-state index in [2.05, 4.69) is 0 Å². The average molecular weight is 225 g/mol. The molecule has 1 aromatic carbocycles. The number of amides is 1. The van der Waals surface area contributed by atoms with Gasteiger partial charge in [0.05, 0.1) is 7.11 Å². The van der Waals surface area contributed by atoms with Crippen LogP contribution >= 0.6 is 0 Å². The summed E-state index contributed by atoms with van der Waals surface area (Å²) in [6.45, 7) is 5.01. The SMILES string of the molecule is CCN(CC)C(=O)c1ccc(OC)c(F)c1. The Labute approximate surface area is 94.8 Å². The molecule has 0 radical (unpaired) electrons. The molecule has 4 heteroatoms. The molecular formula is C12H16FNO2. The van der Waals surface area contributed by atoms with E-state index in [4.69, 9.17) is 4.74 Å². The Morgan fingerprint density at radius 2 is 2.00 bits per heavy atom. The zero-order valence-corrected chi connectivity index (χ0v) is 9.79. The summed E-state index contributed by atoms with van der Waals surface area (Å²) in [5, 5.41) is 0. The van der Waals surface area contributed by atoms with Gasteiger partial charge in [0.1, 0.15) is 0 Å². The first-order chi connectivity index (χ1) is 7.63. The third-order valence-electron chi connectivity index (χ3n) is 2.45. The smallest absolute Gasteiger partial charge is 0.253 e. The first-order valence-corrected chi connectivity index (χ1v) is 5.26. The number of halogens is 1. The molecule has 1 rings (SSSR count). The number of carbonyl (C=O) groups is 1. The van der Waals surface area contributed by atoms with E-state index in [1.54, 1.807) is 11.0 Å². The third-order valence-corrected chi connectivity index (χ3v) is 2.45. The lowest BCUT2D eigenvalue weighted by atomic mass is 10.2. The fourth-order valence-electron chi connectivity index (χ4n) is 1.49. The van der Waals surface area contributed by atoms with Crippen LogP contribution in [0, 0.1) is 5.82 Å². The highest BCUT2D eigenvalue weighted by Gasteiger charge is 2.14. The molecule has 0 atom stereocenters. The number of benzene rings is 1. The summed E-state index contributed by atoms with van der Waals surface area (Å²) < 4.78 is 18.2. The maximum absolute atomic E-state index is 13.4. The molecule has 0 unspecified atom stereocenters. The number of carbonyl (C=O) groups excluding carboxylic acids is 1. The van der Waals surface area contributed by atoms with Gasteiger partial charge in [0.2, 0.25) is 0 Å². The molecule has 0 aliphatic heterocycles. The minimum absolute atomic E-state index is 0.149. The molecule has 0 aliphatic rings. The Kier molecular flexibility index (Phi) is 4.28. The van der Waals surface area contributed by atoms with Crippen LogP contribution in [-0.2, 0) is 0 Å². The highest BCUT2D eigenvalue weighted by atomic mass is 19.1. The Balaban J connectivity index is 2.96. The van der Waals surface area contributed by atoms with Crippen LogP contribution in [0.5, 0.6) is 5.75 Å². The van der Waals surface area contributed by atoms with E-state index in [-0.39, 0.29) is 11.7 Å². The van der Waals surface area contributed by atoms with Gasteiger partial charge in [-0.15, -0.1) is 0 Å². The number of hydrogen-bond donors (Lipinski definition) is 0. The van der Waals surface area contributed by atoms with Crippen LogP contribution in [0.15, 0.2) is 18.2 Å². The summed E-state index contributed by atoms with van der Waals surface area (Å²) in [5.41, 5.74) is 0.349. The van der Waals surface area contributed by atoms with Crippen LogP contribution in [0.1, 0.15) is 24.2 Å². The molecule has 16 heavy (non-hydrogen) atoms. The minimum Gasteiger partial charge on any atom is -0.494 e. The summed E-state index contributed by atoms with van der Waals surface area (Å²) in [5.74, 6) is -0.525. The summed E-state index contributed by atoms with van der Waals surface area (Å²) >= 11 is 0. The van der Waals surface area contributed by atoms with Gasteiger partial charge in [-0.2, -0.15) is 0 Å². The number of nitrogens with zero attached hydrogens (tertiary/aromatic N) is 1. The zero-order valence-electron chi connectivity index (χ0n) is 9.79. The van der Waals surface area contributed by atoms with Crippen molar-refractivity contribution in [1.82, 2.24) is 4.90 Å². The lowest BCUT2D eigenvalue weighted by Gasteiger charge is -2.18. The van der Waals surface area contributed by atoms with Crippen molar-refractivity contribution in [2.75, 3.05) is 20.2 Å². The van der Waals surface area contributed by atoms with Crippen molar-refractivity contribution in [3.63, 3.8) is 0 Å². The normalized spacial score (nSPS) is 10.0. The van der Waals surface area contributed by atoms with Crippen molar-refractivity contribution in [1.29, 1.82) is 0 Å². The van der Waals surface area contributed by atoms with Crippen molar-refractivity contribution in [3.8, 4) is 5.75 Å². The van der Waals surface area contributed by atoms with E-state index in [0.29, 0.717) is 18.7 Å². The van der Waals surface area contributed by atoms with Gasteiger partial charge in [-0.05, 0) is 32.0 Å². The van der Waals surface area contributed by atoms with Crippen molar-refractivity contribution in [3.05, 3.63) is 29.6 Å². The van der Waals surface area contributed by atoms with E-state index in [0.717, 1.165) is 0 Å². The highest BCUT2D eigenvalue weighted by molar-refractivity contribution is 5.94. The molecule has 0 spiro atoms. The molecule has 1 aromatic rings. The standard InChI is InChI=1S/C12H16FNO2/c1-4-14(5-2)12(15)9-6-7-11(16-3)10(13)8-9/h6-8H,4-5H2,1-3H3. The van der Waals surface area contributed by atoms with Crippen molar-refractivity contribution < 1.29 is 13.9 Å². The van der Waals surface area contributed by atoms with E-state index >= 15 is 0 Å². The summed E-state index contributed by atoms with van der Waals surface area (Å²) in [6, 6.07) is 4.24. The first kappa shape index (κ1) is 12.5. The molecule has 88 valence electrons. The molecule has 0 saturated carbocycles. The molecule has 0 heterocycles. The quantitative estimate of drug-likeness (QED) is 0.787. The molecule has 0 aliphatic carbocycles. The van der Waals surface area contributed by atoms with E-state index in [9.17, 15) is 9.18 Å². The molecule has 0 fully saturated rings. The maximum Gasteiger partial charge on any atom is 0.253 e. The van der Waals surface area contributed by atoms with Gasteiger partial charge in [0.25, 0.3) is 5.91 Å². The van der Waals surface area contributed by atoms with Gasteiger partial charge in [-0.3, -0.25) is 4.79 Å². The van der Waals surface area contributed by atoms with Crippen LogP contribution in [0.3, 0.4) is 0 Å². The van der Waals surface area contributed by atoms with E-state index in [1.807, 2.05) is 13.8 Å². The van der Waals surface area contributed by atoms with Crippen molar-refractivity contribution >= 4 is 5.91 Å². The van der Waals surface area contributed by atoms with Gasteiger partial charge < -0.3 is 9.64 Å². The monoisotopic (exact) mass is 225 g/mol. The van der Waals surface area contributed by atoms with Gasteiger partial charge in [-0.25, -0.2) is 4.39 Å². The van der Waals surface area contributed by atoms with Gasteiger partial charge in [0, 0.05) is 18.7 Å². The summed E-state index contributed by atoms with van der Waals surface area (Å²) in [7, 11) is 1.39. The molecular weight excluding hydrogens is 209 g/mol. The Morgan fingerprint density at radius 3 is 2.44 bits per heavy atom. The molecule has 0 saturated heterocycles. The number of hydrogen-bond acceptors (Lipinski definition) is 2. The Bertz CT molecular complexity index is 375.